The van der Waals surface area contributed by atoms with E-state index in [-0.39, 0.29) is 10.5 Å². The van der Waals surface area contributed by atoms with Gasteiger partial charge in [0.05, 0.1) is 30.8 Å². The average Bonchev–Trinajstić information content (AvgIpc) is 3.55. The molecule has 3 aromatic rings. The summed E-state index contributed by atoms with van der Waals surface area (Å²) in [6.45, 7) is 5.64. The van der Waals surface area contributed by atoms with E-state index in [1.165, 1.54) is 16.2 Å². The molecule has 0 aliphatic carbocycles. The van der Waals surface area contributed by atoms with E-state index in [1.54, 1.807) is 37.6 Å². The Labute approximate surface area is 206 Å². The molecular formula is C26H31FN4O3S. The molecule has 0 spiro atoms. The van der Waals surface area contributed by atoms with Crippen molar-refractivity contribution in [3.63, 3.8) is 0 Å². The Hall–Kier alpha value is -2.75. The number of rotatable bonds is 8. The van der Waals surface area contributed by atoms with E-state index in [4.69, 9.17) is 4.74 Å². The topological polar surface area (TPSA) is 76.5 Å². The number of halogens is 1. The number of aryl methyl sites for hydroxylation is 1. The van der Waals surface area contributed by atoms with Gasteiger partial charge in [-0.15, -0.1) is 0 Å². The van der Waals surface area contributed by atoms with E-state index in [1.807, 2.05) is 13.0 Å². The molecule has 9 heteroatoms. The van der Waals surface area contributed by atoms with Crippen molar-refractivity contribution in [3.05, 3.63) is 65.9 Å². The number of pyridine rings is 1. The minimum Gasteiger partial charge on any atom is -0.381 e. The summed E-state index contributed by atoms with van der Waals surface area (Å²) in [5.41, 5.74) is 2.98. The Balaban J connectivity index is 1.53. The van der Waals surface area contributed by atoms with Gasteiger partial charge in [-0.1, -0.05) is 19.4 Å². The number of hydrogen-bond acceptors (Lipinski definition) is 6. The molecular weight excluding hydrogens is 467 g/mol. The van der Waals surface area contributed by atoms with Gasteiger partial charge in [0, 0.05) is 49.4 Å². The fourth-order valence-corrected chi connectivity index (χ4v) is 6.51. The van der Waals surface area contributed by atoms with E-state index in [0.717, 1.165) is 56.0 Å². The summed E-state index contributed by atoms with van der Waals surface area (Å²) in [6.07, 6.45) is 6.30. The van der Waals surface area contributed by atoms with Crippen molar-refractivity contribution in [2.24, 2.45) is 11.8 Å². The Bertz CT molecular complexity index is 1310. The molecule has 1 N–H and O–H groups in total. The molecule has 5 rings (SSSR count). The zero-order valence-corrected chi connectivity index (χ0v) is 20.9. The van der Waals surface area contributed by atoms with Crippen LogP contribution in [0.4, 0.5) is 10.1 Å². The van der Waals surface area contributed by atoms with Gasteiger partial charge >= 0.3 is 0 Å². The second-order valence-corrected chi connectivity index (χ2v) is 11.3. The summed E-state index contributed by atoms with van der Waals surface area (Å²) >= 11 is 0. The van der Waals surface area contributed by atoms with Crippen molar-refractivity contribution < 1.29 is 17.5 Å². The van der Waals surface area contributed by atoms with Crippen molar-refractivity contribution in [2.45, 2.75) is 31.2 Å². The van der Waals surface area contributed by atoms with Crippen LogP contribution in [-0.2, 0) is 27.7 Å². The minimum atomic E-state index is -4.01. The number of fused-ring (bicyclic) bond motifs is 1. The molecule has 4 heterocycles. The summed E-state index contributed by atoms with van der Waals surface area (Å²) in [7, 11) is -2.23. The van der Waals surface area contributed by atoms with Gasteiger partial charge in [0.25, 0.3) is 10.0 Å². The highest BCUT2D eigenvalue weighted by molar-refractivity contribution is 7.90. The SMILES string of the molecule is CCCc1ccc(-c2cc(CNC)cn2S(=O)(=O)c2cncc(N3CC4COCC4C3)c2)c(F)c1. The van der Waals surface area contributed by atoms with Crippen molar-refractivity contribution in [1.29, 1.82) is 0 Å². The number of benzene rings is 1. The summed E-state index contributed by atoms with van der Waals surface area (Å²) in [5, 5.41) is 3.04. The molecule has 7 nitrogen and oxygen atoms in total. The standard InChI is InChI=1S/C26H31FN4O3S/c1-3-4-18-5-6-24(25(27)7-18)26-8-19(10-28-2)13-31(26)35(32,33)23-9-22(11-29-12-23)30-14-20-16-34-17-21(20)15-30/h5-9,11-13,20-21,28H,3-4,10,14-17H2,1-2H3. The number of hydrogen-bond donors (Lipinski definition) is 1. The van der Waals surface area contributed by atoms with Crippen LogP contribution in [0, 0.1) is 17.7 Å². The first-order chi connectivity index (χ1) is 16.9. The van der Waals surface area contributed by atoms with Crippen molar-refractivity contribution in [3.8, 4) is 11.3 Å². The monoisotopic (exact) mass is 498 g/mol. The van der Waals surface area contributed by atoms with Crippen LogP contribution < -0.4 is 10.2 Å². The number of aromatic nitrogens is 2. The molecule has 186 valence electrons. The van der Waals surface area contributed by atoms with E-state index < -0.39 is 15.8 Å². The predicted molar refractivity (Wildman–Crippen MR) is 133 cm³/mol. The molecule has 2 saturated heterocycles. The smallest absolute Gasteiger partial charge is 0.269 e. The van der Waals surface area contributed by atoms with Crippen molar-refractivity contribution in [2.75, 3.05) is 38.3 Å². The Morgan fingerprint density at radius 3 is 2.57 bits per heavy atom. The van der Waals surface area contributed by atoms with Gasteiger partial charge < -0.3 is 15.0 Å². The molecule has 2 unspecified atom stereocenters. The van der Waals surface area contributed by atoms with Gasteiger partial charge in [0.1, 0.15) is 10.7 Å². The Kier molecular flexibility index (Phi) is 6.65. The molecule has 1 aromatic carbocycles. The maximum Gasteiger partial charge on any atom is 0.269 e. The van der Waals surface area contributed by atoms with Crippen LogP contribution in [0.1, 0.15) is 24.5 Å². The highest BCUT2D eigenvalue weighted by Crippen LogP contribution is 2.34. The summed E-state index contributed by atoms with van der Waals surface area (Å²) in [5.74, 6) is 0.502. The van der Waals surface area contributed by atoms with Gasteiger partial charge in [-0.3, -0.25) is 4.98 Å². The fraction of sp³-hybridized carbons (Fsp3) is 0.423. The van der Waals surface area contributed by atoms with Gasteiger partial charge in [-0.25, -0.2) is 16.8 Å². The fourth-order valence-electron chi connectivity index (χ4n) is 5.14. The minimum absolute atomic E-state index is 0.0826. The number of anilines is 1. The lowest BCUT2D eigenvalue weighted by atomic mass is 10.0. The van der Waals surface area contributed by atoms with Crippen LogP contribution in [0.3, 0.4) is 0 Å². The molecule has 0 amide bonds. The highest BCUT2D eigenvalue weighted by Gasteiger charge is 2.37. The lowest BCUT2D eigenvalue weighted by Crippen LogP contribution is -2.23. The van der Waals surface area contributed by atoms with Crippen LogP contribution >= 0.6 is 0 Å². The number of nitrogens with zero attached hydrogens (tertiary/aromatic N) is 3. The van der Waals surface area contributed by atoms with Gasteiger partial charge in [-0.2, -0.15) is 0 Å². The van der Waals surface area contributed by atoms with E-state index in [9.17, 15) is 8.42 Å². The third-order valence-electron chi connectivity index (χ3n) is 6.93. The lowest BCUT2D eigenvalue weighted by molar-refractivity contribution is 0.177. The van der Waals surface area contributed by atoms with Crippen LogP contribution in [0.2, 0.25) is 0 Å². The average molecular weight is 499 g/mol. The Morgan fingerprint density at radius 2 is 1.89 bits per heavy atom. The van der Waals surface area contributed by atoms with Crippen LogP contribution in [-0.4, -0.2) is 50.7 Å². The molecule has 2 aliphatic heterocycles. The molecule has 0 bridgehead atoms. The van der Waals surface area contributed by atoms with Gasteiger partial charge in [0.15, 0.2) is 0 Å². The maximum absolute atomic E-state index is 15.2. The molecule has 35 heavy (non-hydrogen) atoms. The first kappa shape index (κ1) is 24.0. The number of ether oxygens (including phenoxy) is 1. The van der Waals surface area contributed by atoms with E-state index in [2.05, 4.69) is 15.2 Å². The first-order valence-corrected chi connectivity index (χ1v) is 13.5. The van der Waals surface area contributed by atoms with Crippen molar-refractivity contribution >= 4 is 15.7 Å². The molecule has 0 saturated carbocycles. The second-order valence-electron chi connectivity index (χ2n) is 9.47. The normalized spacial score (nSPS) is 19.9. The third-order valence-corrected chi connectivity index (χ3v) is 8.57. The van der Waals surface area contributed by atoms with Crippen LogP contribution in [0.15, 0.2) is 53.8 Å². The molecule has 2 fully saturated rings. The van der Waals surface area contributed by atoms with Gasteiger partial charge in [-0.05, 0) is 48.9 Å². The lowest BCUT2D eigenvalue weighted by Gasteiger charge is -2.20. The predicted octanol–water partition coefficient (Wildman–Crippen LogP) is 3.68. The largest absolute Gasteiger partial charge is 0.381 e. The molecule has 2 aromatic heterocycles. The molecule has 2 atom stereocenters. The third kappa shape index (κ3) is 4.60. The van der Waals surface area contributed by atoms with Crippen LogP contribution in [0.5, 0.6) is 0 Å². The zero-order valence-electron chi connectivity index (χ0n) is 20.1. The van der Waals surface area contributed by atoms with E-state index in [0.29, 0.717) is 24.1 Å². The first-order valence-electron chi connectivity index (χ1n) is 12.1. The maximum atomic E-state index is 15.2. The highest BCUT2D eigenvalue weighted by atomic mass is 32.2. The second kappa shape index (κ2) is 9.72. The van der Waals surface area contributed by atoms with Crippen LogP contribution in [0.25, 0.3) is 11.3 Å². The molecule has 2 aliphatic rings. The van der Waals surface area contributed by atoms with Crippen molar-refractivity contribution in [1.82, 2.24) is 14.3 Å². The Morgan fingerprint density at radius 1 is 1.11 bits per heavy atom. The van der Waals surface area contributed by atoms with Gasteiger partial charge in [0.2, 0.25) is 0 Å². The summed E-state index contributed by atoms with van der Waals surface area (Å²) < 4.78 is 49.6. The number of nitrogens with one attached hydrogen (secondary N) is 1. The molecule has 0 radical (unpaired) electrons. The quantitative estimate of drug-likeness (QED) is 0.511. The summed E-state index contributed by atoms with van der Waals surface area (Å²) in [4.78, 5) is 6.52. The zero-order chi connectivity index (χ0) is 24.6. The van der Waals surface area contributed by atoms with E-state index >= 15 is 4.39 Å². The summed E-state index contributed by atoms with van der Waals surface area (Å²) in [6, 6.07) is 8.43.